The first kappa shape index (κ1) is 17.7. The molecule has 1 fully saturated rings. The van der Waals surface area contributed by atoms with E-state index in [1.54, 1.807) is 23.6 Å². The van der Waals surface area contributed by atoms with Crippen LogP contribution in [0.2, 0.25) is 0 Å². The third-order valence-electron chi connectivity index (χ3n) is 4.71. The Morgan fingerprint density at radius 1 is 1.22 bits per heavy atom. The van der Waals surface area contributed by atoms with E-state index in [0.29, 0.717) is 12.1 Å². The molecular formula is C21H22N4OS. The maximum atomic E-state index is 12.5. The number of nitrogens with zero attached hydrogens (tertiary/aromatic N) is 2. The predicted octanol–water partition coefficient (Wildman–Crippen LogP) is 3.22. The van der Waals surface area contributed by atoms with Crippen LogP contribution in [-0.4, -0.2) is 30.5 Å². The molecule has 0 bridgehead atoms. The summed E-state index contributed by atoms with van der Waals surface area (Å²) in [6, 6.07) is 18.4. The van der Waals surface area contributed by atoms with E-state index in [4.69, 9.17) is 0 Å². The summed E-state index contributed by atoms with van der Waals surface area (Å²) in [5.41, 5.74) is 1.92. The molecule has 1 aromatic carbocycles. The number of amides is 1. The Hall–Kier alpha value is -2.70. The van der Waals surface area contributed by atoms with Crippen molar-refractivity contribution in [3.8, 4) is 0 Å². The topological polar surface area (TPSA) is 57.3 Å². The van der Waals surface area contributed by atoms with Crippen LogP contribution >= 0.6 is 11.3 Å². The number of aromatic nitrogens is 1. The van der Waals surface area contributed by atoms with Gasteiger partial charge in [-0.15, -0.1) is 11.3 Å². The molecule has 1 aliphatic rings. The number of thiophene rings is 1. The van der Waals surface area contributed by atoms with E-state index in [-0.39, 0.29) is 11.9 Å². The van der Waals surface area contributed by atoms with Crippen LogP contribution in [0, 0.1) is 0 Å². The molecule has 0 unspecified atom stereocenters. The van der Waals surface area contributed by atoms with Gasteiger partial charge >= 0.3 is 0 Å². The largest absolute Gasteiger partial charge is 0.353 e. The number of carbonyl (C=O) groups is 1. The fraction of sp³-hybridized carbons (Fsp3) is 0.238. The smallest absolute Gasteiger partial charge is 0.251 e. The Balaban J connectivity index is 1.44. The molecule has 27 heavy (non-hydrogen) atoms. The molecule has 3 aromatic rings. The van der Waals surface area contributed by atoms with Gasteiger partial charge in [0.2, 0.25) is 0 Å². The first-order valence-corrected chi connectivity index (χ1v) is 9.97. The first-order chi connectivity index (χ1) is 13.3. The van der Waals surface area contributed by atoms with Gasteiger partial charge in [-0.25, -0.2) is 4.98 Å². The van der Waals surface area contributed by atoms with Crippen LogP contribution in [0.1, 0.15) is 26.8 Å². The summed E-state index contributed by atoms with van der Waals surface area (Å²) in [4.78, 5) is 20.4. The Labute approximate surface area is 163 Å². The van der Waals surface area contributed by atoms with Crippen molar-refractivity contribution >= 4 is 23.1 Å². The Morgan fingerprint density at radius 3 is 2.93 bits per heavy atom. The number of benzene rings is 1. The van der Waals surface area contributed by atoms with Gasteiger partial charge in [0.15, 0.2) is 0 Å². The number of pyridine rings is 1. The van der Waals surface area contributed by atoms with Crippen LogP contribution in [0.15, 0.2) is 66.2 Å². The minimum Gasteiger partial charge on any atom is -0.353 e. The number of rotatable bonds is 5. The highest BCUT2D eigenvalue weighted by Crippen LogP contribution is 2.21. The van der Waals surface area contributed by atoms with Gasteiger partial charge < -0.3 is 15.5 Å². The van der Waals surface area contributed by atoms with Crippen molar-refractivity contribution < 1.29 is 4.79 Å². The fourth-order valence-electron chi connectivity index (χ4n) is 3.28. The molecule has 1 aliphatic heterocycles. The molecule has 1 amide bonds. The lowest BCUT2D eigenvalue weighted by Crippen LogP contribution is -2.46. The number of anilines is 1. The van der Waals surface area contributed by atoms with Crippen molar-refractivity contribution in [1.82, 2.24) is 15.6 Å². The molecule has 1 atom stereocenters. The lowest BCUT2D eigenvalue weighted by Gasteiger charge is -2.34. The van der Waals surface area contributed by atoms with Crippen LogP contribution in [-0.2, 0) is 6.54 Å². The van der Waals surface area contributed by atoms with Crippen LogP contribution in [0.4, 0.5) is 5.82 Å². The van der Waals surface area contributed by atoms with Gasteiger partial charge in [-0.05, 0) is 29.1 Å². The molecule has 0 aliphatic carbocycles. The third kappa shape index (κ3) is 4.35. The van der Waals surface area contributed by atoms with Crippen LogP contribution in [0.3, 0.4) is 0 Å². The minimum atomic E-state index is -0.0678. The molecule has 2 N–H and O–H groups in total. The maximum Gasteiger partial charge on any atom is 0.251 e. The highest BCUT2D eigenvalue weighted by Gasteiger charge is 2.22. The molecule has 0 radical (unpaired) electrons. The van der Waals surface area contributed by atoms with E-state index in [2.05, 4.69) is 44.8 Å². The average molecular weight is 379 g/mol. The van der Waals surface area contributed by atoms with E-state index < -0.39 is 0 Å². The van der Waals surface area contributed by atoms with E-state index in [9.17, 15) is 4.79 Å². The summed E-state index contributed by atoms with van der Waals surface area (Å²) in [5, 5.41) is 8.55. The van der Waals surface area contributed by atoms with Gasteiger partial charge in [0.25, 0.3) is 5.91 Å². The summed E-state index contributed by atoms with van der Waals surface area (Å²) in [5.74, 6) is 0.781. The van der Waals surface area contributed by atoms with E-state index >= 15 is 0 Å². The zero-order chi connectivity index (χ0) is 18.5. The van der Waals surface area contributed by atoms with Crippen LogP contribution in [0.25, 0.3) is 0 Å². The SMILES string of the molecule is O=C(NCc1cccs1)c1ccnc(N2CCN[C@@H](c3ccccc3)C2)c1. The van der Waals surface area contributed by atoms with Gasteiger partial charge in [-0.2, -0.15) is 0 Å². The second-order valence-corrected chi connectivity index (χ2v) is 7.56. The highest BCUT2D eigenvalue weighted by molar-refractivity contribution is 7.09. The standard InChI is InChI=1S/C21H22N4OS/c26-21(24-14-18-7-4-12-27-18)17-8-9-23-20(13-17)25-11-10-22-19(15-25)16-5-2-1-3-6-16/h1-9,12-13,19,22H,10-11,14-15H2,(H,24,26)/t19-/m1/s1. The number of hydrogen-bond donors (Lipinski definition) is 2. The van der Waals surface area contributed by atoms with Gasteiger partial charge in [0.05, 0.1) is 6.54 Å². The summed E-state index contributed by atoms with van der Waals surface area (Å²) in [6.45, 7) is 3.14. The molecule has 138 valence electrons. The van der Waals surface area contributed by atoms with Crippen molar-refractivity contribution in [3.05, 3.63) is 82.2 Å². The Kier molecular flexibility index (Phi) is 5.46. The number of carbonyl (C=O) groups excluding carboxylic acids is 1. The van der Waals surface area contributed by atoms with Crippen molar-refractivity contribution in [1.29, 1.82) is 0 Å². The van der Waals surface area contributed by atoms with Crippen molar-refractivity contribution in [3.63, 3.8) is 0 Å². The van der Waals surface area contributed by atoms with Gasteiger partial charge in [-0.1, -0.05) is 36.4 Å². The zero-order valence-electron chi connectivity index (χ0n) is 15.0. The highest BCUT2D eigenvalue weighted by atomic mass is 32.1. The number of piperazine rings is 1. The third-order valence-corrected chi connectivity index (χ3v) is 5.59. The summed E-state index contributed by atoms with van der Waals surface area (Å²) in [6.07, 6.45) is 1.72. The second-order valence-electron chi connectivity index (χ2n) is 6.53. The molecule has 4 rings (SSSR count). The molecule has 6 heteroatoms. The first-order valence-electron chi connectivity index (χ1n) is 9.09. The maximum absolute atomic E-state index is 12.5. The molecule has 3 heterocycles. The zero-order valence-corrected chi connectivity index (χ0v) is 15.8. The minimum absolute atomic E-state index is 0.0678. The van der Waals surface area contributed by atoms with Crippen molar-refractivity contribution in [2.45, 2.75) is 12.6 Å². The second kappa shape index (κ2) is 8.33. The van der Waals surface area contributed by atoms with Crippen molar-refractivity contribution in [2.75, 3.05) is 24.5 Å². The average Bonchev–Trinajstić information content (AvgIpc) is 3.26. The molecule has 0 spiro atoms. The lowest BCUT2D eigenvalue weighted by molar-refractivity contribution is 0.0951. The Bertz CT molecular complexity index is 882. The molecule has 1 saturated heterocycles. The van der Waals surface area contributed by atoms with Crippen LogP contribution in [0.5, 0.6) is 0 Å². The molecule has 0 saturated carbocycles. The molecule has 5 nitrogen and oxygen atoms in total. The fourth-order valence-corrected chi connectivity index (χ4v) is 3.93. The normalized spacial score (nSPS) is 16.9. The monoisotopic (exact) mass is 378 g/mol. The Morgan fingerprint density at radius 2 is 2.11 bits per heavy atom. The number of hydrogen-bond acceptors (Lipinski definition) is 5. The van der Waals surface area contributed by atoms with E-state index in [1.807, 2.05) is 29.6 Å². The van der Waals surface area contributed by atoms with E-state index in [0.717, 1.165) is 30.3 Å². The quantitative estimate of drug-likeness (QED) is 0.716. The molecule has 2 aromatic heterocycles. The van der Waals surface area contributed by atoms with Crippen LogP contribution < -0.4 is 15.5 Å². The summed E-state index contributed by atoms with van der Waals surface area (Å²) in [7, 11) is 0. The van der Waals surface area contributed by atoms with E-state index in [1.165, 1.54) is 5.56 Å². The predicted molar refractivity (Wildman–Crippen MR) is 109 cm³/mol. The summed E-state index contributed by atoms with van der Waals surface area (Å²) >= 11 is 1.64. The molecular weight excluding hydrogens is 356 g/mol. The summed E-state index contributed by atoms with van der Waals surface area (Å²) < 4.78 is 0. The lowest BCUT2D eigenvalue weighted by atomic mass is 10.0. The van der Waals surface area contributed by atoms with Crippen molar-refractivity contribution in [2.24, 2.45) is 0 Å². The van der Waals surface area contributed by atoms with Gasteiger partial charge in [0, 0.05) is 42.3 Å². The number of nitrogens with one attached hydrogen (secondary N) is 2. The van der Waals surface area contributed by atoms with Gasteiger partial charge in [-0.3, -0.25) is 4.79 Å². The van der Waals surface area contributed by atoms with Gasteiger partial charge in [0.1, 0.15) is 5.82 Å².